The molecule has 0 fully saturated rings. The molecule has 3 aromatic rings. The highest BCUT2D eigenvalue weighted by Gasteiger charge is 2.23. The lowest BCUT2D eigenvalue weighted by atomic mass is 9.76. The van der Waals surface area contributed by atoms with E-state index in [1.165, 1.54) is 56.1 Å². The fourth-order valence-electron chi connectivity index (χ4n) is 4.12. The zero-order valence-corrected chi connectivity index (χ0v) is 19.7. The van der Waals surface area contributed by atoms with Crippen LogP contribution in [0.2, 0.25) is 0 Å². The zero-order valence-electron chi connectivity index (χ0n) is 19.7. The lowest BCUT2D eigenvalue weighted by molar-refractivity contribution is 0.475. The SMILES string of the molecule is CCCCCCCCc1ccccc1C(C)(C)Cc1ccccc1.Oc1ccccc1. The second kappa shape index (κ2) is 13.7. The number of benzene rings is 3. The number of phenolic OH excluding ortho intramolecular Hbond substituents is 1. The van der Waals surface area contributed by atoms with Gasteiger partial charge < -0.3 is 5.11 Å². The van der Waals surface area contributed by atoms with Crippen LogP contribution in [0.25, 0.3) is 0 Å². The summed E-state index contributed by atoms with van der Waals surface area (Å²) in [5, 5.41) is 8.63. The van der Waals surface area contributed by atoms with E-state index in [4.69, 9.17) is 5.11 Å². The molecule has 31 heavy (non-hydrogen) atoms. The monoisotopic (exact) mass is 416 g/mol. The molecule has 0 saturated heterocycles. The number of aryl methyl sites for hydroxylation is 1. The van der Waals surface area contributed by atoms with Crippen molar-refractivity contribution in [2.24, 2.45) is 0 Å². The van der Waals surface area contributed by atoms with Gasteiger partial charge in [-0.3, -0.25) is 0 Å². The van der Waals surface area contributed by atoms with E-state index < -0.39 is 0 Å². The molecule has 0 saturated carbocycles. The first kappa shape index (κ1) is 24.7. The number of hydrogen-bond donors (Lipinski definition) is 1. The molecule has 1 heteroatoms. The first-order chi connectivity index (χ1) is 15.0. The van der Waals surface area contributed by atoms with Crippen LogP contribution in [-0.4, -0.2) is 5.11 Å². The topological polar surface area (TPSA) is 20.2 Å². The third-order valence-corrected chi connectivity index (χ3v) is 5.79. The minimum absolute atomic E-state index is 0.181. The quantitative estimate of drug-likeness (QED) is 0.328. The van der Waals surface area contributed by atoms with Crippen molar-refractivity contribution in [3.05, 3.63) is 102 Å². The van der Waals surface area contributed by atoms with E-state index in [-0.39, 0.29) is 5.41 Å². The summed E-state index contributed by atoms with van der Waals surface area (Å²) < 4.78 is 0. The van der Waals surface area contributed by atoms with Gasteiger partial charge in [0.05, 0.1) is 0 Å². The van der Waals surface area contributed by atoms with Gasteiger partial charge in [0.2, 0.25) is 0 Å². The van der Waals surface area contributed by atoms with E-state index in [1.54, 1.807) is 29.8 Å². The first-order valence-electron chi connectivity index (χ1n) is 11.9. The van der Waals surface area contributed by atoms with Gasteiger partial charge in [-0.25, -0.2) is 0 Å². The van der Waals surface area contributed by atoms with Gasteiger partial charge in [0.1, 0.15) is 5.75 Å². The average Bonchev–Trinajstić information content (AvgIpc) is 2.78. The molecule has 0 aliphatic heterocycles. The summed E-state index contributed by atoms with van der Waals surface area (Å²) in [7, 11) is 0. The van der Waals surface area contributed by atoms with Crippen molar-refractivity contribution in [3.8, 4) is 5.75 Å². The number of phenols is 1. The van der Waals surface area contributed by atoms with Gasteiger partial charge in [0.15, 0.2) is 0 Å². The maximum Gasteiger partial charge on any atom is 0.115 e. The molecule has 0 aliphatic rings. The molecule has 0 heterocycles. The smallest absolute Gasteiger partial charge is 0.115 e. The summed E-state index contributed by atoms with van der Waals surface area (Å²) in [5.74, 6) is 0.322. The van der Waals surface area contributed by atoms with Crippen molar-refractivity contribution in [3.63, 3.8) is 0 Å². The molecule has 166 valence electrons. The molecule has 0 spiro atoms. The van der Waals surface area contributed by atoms with Crippen LogP contribution < -0.4 is 0 Å². The predicted octanol–water partition coefficient (Wildman–Crippen LogP) is 8.50. The third kappa shape index (κ3) is 9.42. The van der Waals surface area contributed by atoms with Crippen molar-refractivity contribution in [1.82, 2.24) is 0 Å². The van der Waals surface area contributed by atoms with E-state index >= 15 is 0 Å². The van der Waals surface area contributed by atoms with E-state index in [0.717, 1.165) is 6.42 Å². The number of para-hydroxylation sites is 1. The van der Waals surface area contributed by atoms with Crippen LogP contribution >= 0.6 is 0 Å². The van der Waals surface area contributed by atoms with Crippen LogP contribution in [0.1, 0.15) is 76.0 Å². The lowest BCUT2D eigenvalue weighted by Gasteiger charge is -2.28. The summed E-state index contributed by atoms with van der Waals surface area (Å²) in [6.07, 6.45) is 10.5. The highest BCUT2D eigenvalue weighted by Crippen LogP contribution is 2.31. The Bertz CT molecular complexity index is 837. The second-order valence-corrected chi connectivity index (χ2v) is 9.06. The van der Waals surface area contributed by atoms with Crippen LogP contribution in [0.15, 0.2) is 84.9 Å². The Morgan fingerprint density at radius 1 is 0.645 bits per heavy atom. The Hall–Kier alpha value is -2.54. The molecule has 1 N–H and O–H groups in total. The summed E-state index contributed by atoms with van der Waals surface area (Å²) in [4.78, 5) is 0. The van der Waals surface area contributed by atoms with Gasteiger partial charge in [-0.2, -0.15) is 0 Å². The summed E-state index contributed by atoms with van der Waals surface area (Å²) >= 11 is 0. The Morgan fingerprint density at radius 2 is 1.19 bits per heavy atom. The third-order valence-electron chi connectivity index (χ3n) is 5.79. The molecule has 0 aromatic heterocycles. The standard InChI is InChI=1S/C24H34.C6H6O/c1-4-5-6-7-8-12-17-22-18-13-14-19-23(22)24(2,3)20-21-15-10-9-11-16-21;7-6-4-2-1-3-5-6/h9-11,13-16,18-19H,4-8,12,17,20H2,1-3H3;1-5,7H. The minimum atomic E-state index is 0.181. The van der Waals surface area contributed by atoms with Crippen molar-refractivity contribution in [1.29, 1.82) is 0 Å². The van der Waals surface area contributed by atoms with Gasteiger partial charge in [-0.15, -0.1) is 0 Å². The number of rotatable bonds is 10. The van der Waals surface area contributed by atoms with Crippen molar-refractivity contribution in [2.45, 2.75) is 77.6 Å². The Kier molecular flexibility index (Phi) is 10.9. The van der Waals surface area contributed by atoms with Gasteiger partial charge in [-0.1, -0.05) is 126 Å². The second-order valence-electron chi connectivity index (χ2n) is 9.06. The number of hydrogen-bond acceptors (Lipinski definition) is 1. The molecule has 0 amide bonds. The van der Waals surface area contributed by atoms with Crippen LogP contribution in [0.3, 0.4) is 0 Å². The van der Waals surface area contributed by atoms with Crippen molar-refractivity contribution >= 4 is 0 Å². The Morgan fingerprint density at radius 3 is 1.81 bits per heavy atom. The molecule has 0 bridgehead atoms. The van der Waals surface area contributed by atoms with Gasteiger partial charge >= 0.3 is 0 Å². The van der Waals surface area contributed by atoms with E-state index in [1.807, 2.05) is 6.07 Å². The maximum absolute atomic E-state index is 8.63. The average molecular weight is 417 g/mol. The molecule has 0 atom stereocenters. The zero-order chi connectivity index (χ0) is 22.4. The molecule has 3 aromatic carbocycles. The van der Waals surface area contributed by atoms with E-state index in [2.05, 4.69) is 75.4 Å². The molecular formula is C30H40O. The highest BCUT2D eigenvalue weighted by atomic mass is 16.3. The van der Waals surface area contributed by atoms with E-state index in [0.29, 0.717) is 5.75 Å². The Balaban J connectivity index is 0.000000412. The number of unbranched alkanes of at least 4 members (excludes halogenated alkanes) is 5. The van der Waals surface area contributed by atoms with Crippen LogP contribution in [0.4, 0.5) is 0 Å². The molecule has 1 nitrogen and oxygen atoms in total. The van der Waals surface area contributed by atoms with Crippen LogP contribution in [-0.2, 0) is 18.3 Å². The molecule has 0 radical (unpaired) electrons. The maximum atomic E-state index is 8.63. The number of aromatic hydroxyl groups is 1. The van der Waals surface area contributed by atoms with Crippen molar-refractivity contribution in [2.75, 3.05) is 0 Å². The van der Waals surface area contributed by atoms with Crippen molar-refractivity contribution < 1.29 is 5.11 Å². The summed E-state index contributed by atoms with van der Waals surface area (Å²) in [5.41, 5.74) is 4.69. The fourth-order valence-corrected chi connectivity index (χ4v) is 4.12. The summed E-state index contributed by atoms with van der Waals surface area (Å²) in [6, 6.07) is 28.7. The predicted molar refractivity (Wildman–Crippen MR) is 135 cm³/mol. The molecule has 0 aliphatic carbocycles. The van der Waals surface area contributed by atoms with Gasteiger partial charge in [-0.05, 0) is 53.5 Å². The molecule has 3 rings (SSSR count). The highest BCUT2D eigenvalue weighted by molar-refractivity contribution is 5.35. The normalized spacial score (nSPS) is 10.9. The fraction of sp³-hybridized carbons (Fsp3) is 0.400. The summed E-state index contributed by atoms with van der Waals surface area (Å²) in [6.45, 7) is 7.06. The Labute approximate surface area is 190 Å². The van der Waals surface area contributed by atoms with Gasteiger partial charge in [0, 0.05) is 0 Å². The van der Waals surface area contributed by atoms with Crippen LogP contribution in [0, 0.1) is 0 Å². The minimum Gasteiger partial charge on any atom is -0.508 e. The first-order valence-corrected chi connectivity index (χ1v) is 11.9. The molecule has 0 unspecified atom stereocenters. The van der Waals surface area contributed by atoms with E-state index in [9.17, 15) is 0 Å². The van der Waals surface area contributed by atoms with Gasteiger partial charge in [0.25, 0.3) is 0 Å². The molecular weight excluding hydrogens is 376 g/mol. The lowest BCUT2D eigenvalue weighted by Crippen LogP contribution is -2.22. The van der Waals surface area contributed by atoms with Crippen LogP contribution in [0.5, 0.6) is 5.75 Å². The largest absolute Gasteiger partial charge is 0.508 e.